The summed E-state index contributed by atoms with van der Waals surface area (Å²) in [5.74, 6) is -0.671. The maximum Gasteiger partial charge on any atom is 0.419 e. The smallest absolute Gasteiger partial charge is 0.419 e. The van der Waals surface area contributed by atoms with Gasteiger partial charge in [0.15, 0.2) is 0 Å². The van der Waals surface area contributed by atoms with Gasteiger partial charge in [-0.15, -0.1) is 0 Å². The Kier molecular flexibility index (Phi) is 6.88. The second-order valence-corrected chi connectivity index (χ2v) is 7.95. The number of Topliss-reactive ketones (excluding diaryl/α,β-unsaturated/α-hetero) is 1. The van der Waals surface area contributed by atoms with E-state index in [0.717, 1.165) is 5.56 Å². The Labute approximate surface area is 181 Å². The molecule has 0 amide bonds. The lowest BCUT2D eigenvalue weighted by Gasteiger charge is -2.37. The molecule has 0 unspecified atom stereocenters. The van der Waals surface area contributed by atoms with Gasteiger partial charge in [0.1, 0.15) is 11.5 Å². The van der Waals surface area contributed by atoms with Crippen molar-refractivity contribution in [1.82, 2.24) is 0 Å². The maximum absolute atomic E-state index is 13.7. The molecule has 1 fully saturated rings. The van der Waals surface area contributed by atoms with Gasteiger partial charge in [0.2, 0.25) is 0 Å². The first kappa shape index (κ1) is 24.1. The van der Waals surface area contributed by atoms with Crippen LogP contribution >= 0.6 is 0 Å². The van der Waals surface area contributed by atoms with Crippen LogP contribution in [0.4, 0.5) is 26.3 Å². The number of aliphatic hydroxyl groups is 1. The number of halogens is 6. The number of carbonyl (C=O) groups is 1. The number of carbonyl (C=O) groups excluding carboxylic acids is 1. The molecule has 0 heterocycles. The van der Waals surface area contributed by atoms with Gasteiger partial charge in [-0.05, 0) is 42.5 Å². The van der Waals surface area contributed by atoms with Crippen LogP contribution in [0, 0.1) is 0 Å². The van der Waals surface area contributed by atoms with Crippen LogP contribution in [0.5, 0.6) is 5.75 Å². The molecule has 3 nitrogen and oxygen atoms in total. The van der Waals surface area contributed by atoms with Crippen LogP contribution in [0.25, 0.3) is 0 Å². The van der Waals surface area contributed by atoms with E-state index < -0.39 is 47.7 Å². The van der Waals surface area contributed by atoms with Gasteiger partial charge in [-0.3, -0.25) is 4.79 Å². The van der Waals surface area contributed by atoms with Crippen LogP contribution in [0.2, 0.25) is 0 Å². The molecule has 1 N–H and O–H groups in total. The summed E-state index contributed by atoms with van der Waals surface area (Å²) < 4.78 is 86.4. The van der Waals surface area contributed by atoms with Crippen molar-refractivity contribution in [3.05, 3.63) is 64.7 Å². The number of ether oxygens (including phenoxy) is 1. The van der Waals surface area contributed by atoms with Crippen molar-refractivity contribution in [2.24, 2.45) is 0 Å². The number of hydrogen-bond donors (Lipinski definition) is 1. The molecule has 32 heavy (non-hydrogen) atoms. The van der Waals surface area contributed by atoms with Gasteiger partial charge in [-0.25, -0.2) is 0 Å². The standard InChI is InChI=1S/C23H22F6O3/c24-22(25,26)17-12-15(8-11-30)20(19(13-17)23(27,28)29)32-14-21(9-6-18(31)7-10-21)16-4-2-1-3-5-16/h1-5,12-13,30H,6-11,14H2. The van der Waals surface area contributed by atoms with E-state index in [0.29, 0.717) is 18.9 Å². The Balaban J connectivity index is 2.05. The summed E-state index contributed by atoms with van der Waals surface area (Å²) in [6.07, 6.45) is -9.33. The van der Waals surface area contributed by atoms with Crippen LogP contribution in [0.1, 0.15) is 47.9 Å². The highest BCUT2D eigenvalue weighted by Gasteiger charge is 2.42. The van der Waals surface area contributed by atoms with E-state index in [4.69, 9.17) is 4.74 Å². The number of rotatable bonds is 6. The van der Waals surface area contributed by atoms with E-state index in [1.54, 1.807) is 30.3 Å². The van der Waals surface area contributed by atoms with Crippen LogP contribution in [-0.2, 0) is 29.0 Å². The summed E-state index contributed by atoms with van der Waals surface area (Å²) in [6, 6.07) is 9.53. The van der Waals surface area contributed by atoms with E-state index in [-0.39, 0.29) is 36.9 Å². The molecular formula is C23H22F6O3. The van der Waals surface area contributed by atoms with Gasteiger partial charge >= 0.3 is 12.4 Å². The van der Waals surface area contributed by atoms with Crippen molar-refractivity contribution >= 4 is 5.78 Å². The molecule has 0 aliphatic heterocycles. The van der Waals surface area contributed by atoms with Crippen molar-refractivity contribution in [1.29, 1.82) is 0 Å². The van der Waals surface area contributed by atoms with Crippen molar-refractivity contribution in [3.8, 4) is 5.75 Å². The predicted molar refractivity (Wildman–Crippen MR) is 104 cm³/mol. The maximum atomic E-state index is 13.7. The Morgan fingerprint density at radius 3 is 2.09 bits per heavy atom. The Hall–Kier alpha value is -2.55. The fourth-order valence-electron chi connectivity index (χ4n) is 4.07. The normalized spacial score (nSPS) is 16.8. The zero-order chi connectivity index (χ0) is 23.6. The topological polar surface area (TPSA) is 46.5 Å². The number of hydrogen-bond acceptors (Lipinski definition) is 3. The molecule has 0 bridgehead atoms. The van der Waals surface area contributed by atoms with Crippen molar-refractivity contribution in [3.63, 3.8) is 0 Å². The van der Waals surface area contributed by atoms with Gasteiger partial charge in [-0.2, -0.15) is 26.3 Å². The first-order valence-electron chi connectivity index (χ1n) is 10.1. The SMILES string of the molecule is O=C1CCC(COc2c(CCO)cc(C(F)(F)F)cc2C(F)(F)F)(c2ccccc2)CC1. The summed E-state index contributed by atoms with van der Waals surface area (Å²) in [5, 5.41) is 9.25. The minimum absolute atomic E-state index is 0.0375. The van der Waals surface area contributed by atoms with E-state index in [1.165, 1.54) is 0 Å². The third-order valence-corrected chi connectivity index (χ3v) is 5.82. The molecule has 174 valence electrons. The third kappa shape index (κ3) is 5.26. The third-order valence-electron chi connectivity index (χ3n) is 5.82. The quantitative estimate of drug-likeness (QED) is 0.561. The molecule has 2 aromatic carbocycles. The predicted octanol–water partition coefficient (Wildman–Crippen LogP) is 5.72. The van der Waals surface area contributed by atoms with Gasteiger partial charge in [-0.1, -0.05) is 30.3 Å². The highest BCUT2D eigenvalue weighted by atomic mass is 19.4. The van der Waals surface area contributed by atoms with Crippen molar-refractivity contribution in [2.75, 3.05) is 13.2 Å². The van der Waals surface area contributed by atoms with E-state index in [9.17, 15) is 36.2 Å². The second kappa shape index (κ2) is 9.13. The molecular weight excluding hydrogens is 438 g/mol. The summed E-state index contributed by atoms with van der Waals surface area (Å²) in [7, 11) is 0. The first-order chi connectivity index (χ1) is 15.0. The summed E-state index contributed by atoms with van der Waals surface area (Å²) in [4.78, 5) is 11.8. The van der Waals surface area contributed by atoms with Gasteiger partial charge in [0, 0.05) is 24.9 Å². The number of aliphatic hydroxyl groups excluding tert-OH is 1. The Morgan fingerprint density at radius 1 is 0.938 bits per heavy atom. The Morgan fingerprint density at radius 2 is 1.56 bits per heavy atom. The van der Waals surface area contributed by atoms with E-state index >= 15 is 0 Å². The van der Waals surface area contributed by atoms with Crippen LogP contribution < -0.4 is 4.74 Å². The molecule has 0 saturated heterocycles. The molecule has 0 aromatic heterocycles. The van der Waals surface area contributed by atoms with Crippen molar-refractivity contribution in [2.45, 2.75) is 49.9 Å². The lowest BCUT2D eigenvalue weighted by molar-refractivity contribution is -0.144. The zero-order valence-corrected chi connectivity index (χ0v) is 17.0. The van der Waals surface area contributed by atoms with Crippen molar-refractivity contribution < 1.29 is 41.0 Å². The fraction of sp³-hybridized carbons (Fsp3) is 0.435. The molecule has 3 rings (SSSR count). The molecule has 0 radical (unpaired) electrons. The Bertz CT molecular complexity index is 941. The number of benzene rings is 2. The molecule has 0 spiro atoms. The van der Waals surface area contributed by atoms with Crippen LogP contribution in [-0.4, -0.2) is 24.1 Å². The van der Waals surface area contributed by atoms with E-state index in [2.05, 4.69) is 0 Å². The second-order valence-electron chi connectivity index (χ2n) is 7.95. The fourth-order valence-corrected chi connectivity index (χ4v) is 4.07. The molecule has 1 saturated carbocycles. The molecule has 0 atom stereocenters. The monoisotopic (exact) mass is 460 g/mol. The highest BCUT2D eigenvalue weighted by molar-refractivity contribution is 5.79. The minimum atomic E-state index is -5.09. The van der Waals surface area contributed by atoms with Gasteiger partial charge in [0.25, 0.3) is 0 Å². The van der Waals surface area contributed by atoms with Crippen LogP contribution in [0.3, 0.4) is 0 Å². The van der Waals surface area contributed by atoms with Crippen LogP contribution in [0.15, 0.2) is 42.5 Å². The molecule has 1 aliphatic rings. The van der Waals surface area contributed by atoms with E-state index in [1.807, 2.05) is 0 Å². The highest BCUT2D eigenvalue weighted by Crippen LogP contribution is 2.45. The summed E-state index contributed by atoms with van der Waals surface area (Å²) in [5.41, 5.74) is -3.33. The molecule has 9 heteroatoms. The summed E-state index contributed by atoms with van der Waals surface area (Å²) >= 11 is 0. The summed E-state index contributed by atoms with van der Waals surface area (Å²) in [6.45, 7) is -0.884. The largest absolute Gasteiger partial charge is 0.492 e. The molecule has 2 aromatic rings. The lowest BCUT2D eigenvalue weighted by atomic mass is 9.69. The lowest BCUT2D eigenvalue weighted by Crippen LogP contribution is -2.38. The van der Waals surface area contributed by atoms with Gasteiger partial charge < -0.3 is 9.84 Å². The average Bonchev–Trinajstić information content (AvgIpc) is 2.73. The van der Waals surface area contributed by atoms with Gasteiger partial charge in [0.05, 0.1) is 17.7 Å². The first-order valence-corrected chi connectivity index (χ1v) is 10.1. The zero-order valence-electron chi connectivity index (χ0n) is 17.0. The number of ketones is 1. The average molecular weight is 460 g/mol. The molecule has 1 aliphatic carbocycles. The minimum Gasteiger partial charge on any atom is -0.492 e. The number of alkyl halides is 6.